The maximum atomic E-state index is 13.5. The Morgan fingerprint density at radius 1 is 0.478 bits per heavy atom. The van der Waals surface area contributed by atoms with Gasteiger partial charge < -0.3 is 28.1 Å². The van der Waals surface area contributed by atoms with Crippen LogP contribution in [-0.2, 0) is 0 Å². The van der Waals surface area contributed by atoms with Gasteiger partial charge in [0.15, 0.2) is 0 Å². The van der Waals surface area contributed by atoms with E-state index in [9.17, 15) is 4.89 Å². The molecule has 0 aliphatic heterocycles. The zero-order chi connectivity index (χ0) is 16.0. The number of hydrogen-bond acceptors (Lipinski definition) is 1. The standard InChI is InChI=1S/C18H33N3OP/c22-23(19-16-10-4-1-5-11-16,20-17-12-6-2-7-13-17)21-18-14-8-3-9-15-18/h16-18H,1-15H2/q-3. The molecule has 0 heterocycles. The topological polar surface area (TPSA) is 65.4 Å². The SMILES string of the molecule is [O-][P+]([N-]C1CCCCC1)([N-]C1CCCCC1)[N-]C1CCCCC1. The van der Waals surface area contributed by atoms with Gasteiger partial charge in [0, 0.05) is 0 Å². The van der Waals surface area contributed by atoms with Gasteiger partial charge in [0.1, 0.15) is 0 Å². The largest absolute Gasteiger partial charge is 0.712 e. The molecule has 5 heteroatoms. The molecule has 23 heavy (non-hydrogen) atoms. The minimum absolute atomic E-state index is 0.245. The van der Waals surface area contributed by atoms with Crippen molar-refractivity contribution in [3.63, 3.8) is 0 Å². The number of rotatable bonds is 6. The monoisotopic (exact) mass is 338 g/mol. The molecule has 3 aliphatic carbocycles. The van der Waals surface area contributed by atoms with Crippen molar-refractivity contribution in [1.29, 1.82) is 0 Å². The Hall–Kier alpha value is 0.270. The summed E-state index contributed by atoms with van der Waals surface area (Å²) in [4.78, 5) is 13.5. The first-order valence-corrected chi connectivity index (χ1v) is 11.6. The molecule has 0 aromatic rings. The van der Waals surface area contributed by atoms with Crippen molar-refractivity contribution >= 4 is 7.94 Å². The molecule has 0 unspecified atom stereocenters. The molecule has 3 rings (SSSR count). The normalized spacial score (nSPS) is 26.5. The van der Waals surface area contributed by atoms with Crippen LogP contribution in [0, 0.1) is 0 Å². The van der Waals surface area contributed by atoms with Gasteiger partial charge in [0.05, 0.1) is 0 Å². The first kappa shape index (κ1) is 18.1. The van der Waals surface area contributed by atoms with Crippen LogP contribution in [0.1, 0.15) is 96.3 Å². The van der Waals surface area contributed by atoms with Crippen molar-refractivity contribution in [3.8, 4) is 0 Å². The minimum Gasteiger partial charge on any atom is -0.712 e. The molecule has 134 valence electrons. The highest BCUT2D eigenvalue weighted by atomic mass is 31.2. The van der Waals surface area contributed by atoms with Gasteiger partial charge in [0.2, 0.25) is 0 Å². The second-order valence-electron chi connectivity index (χ2n) is 7.74. The fraction of sp³-hybridized carbons (Fsp3) is 1.00. The molecule has 0 spiro atoms. The third kappa shape index (κ3) is 5.93. The summed E-state index contributed by atoms with van der Waals surface area (Å²) in [6.45, 7) is 0. The Labute approximate surface area is 143 Å². The molecule has 0 radical (unpaired) electrons. The first-order valence-electron chi connectivity index (χ1n) is 10.0. The van der Waals surface area contributed by atoms with Gasteiger partial charge in [-0.25, -0.2) is 0 Å². The Kier molecular flexibility index (Phi) is 7.15. The van der Waals surface area contributed by atoms with Crippen LogP contribution in [-0.4, -0.2) is 18.1 Å². The van der Waals surface area contributed by atoms with E-state index in [1.807, 2.05) is 0 Å². The molecular weight excluding hydrogens is 305 g/mol. The molecule has 0 aromatic heterocycles. The highest BCUT2D eigenvalue weighted by molar-refractivity contribution is 7.77. The summed E-state index contributed by atoms with van der Waals surface area (Å²) in [5, 5.41) is 14.3. The predicted molar refractivity (Wildman–Crippen MR) is 97.6 cm³/mol. The summed E-state index contributed by atoms with van der Waals surface area (Å²) in [7, 11) is -3.05. The third-order valence-corrected chi connectivity index (χ3v) is 7.55. The summed E-state index contributed by atoms with van der Waals surface area (Å²) in [5.41, 5.74) is 0. The van der Waals surface area contributed by atoms with Crippen molar-refractivity contribution in [2.75, 3.05) is 0 Å². The van der Waals surface area contributed by atoms with Crippen LogP contribution in [0.2, 0.25) is 0 Å². The molecule has 3 fully saturated rings. The van der Waals surface area contributed by atoms with Crippen LogP contribution in [0.25, 0.3) is 15.3 Å². The average molecular weight is 338 g/mol. The van der Waals surface area contributed by atoms with Gasteiger partial charge in [-0.15, -0.1) is 18.1 Å². The molecule has 0 atom stereocenters. The molecular formula is C18H33N3OP-3. The maximum absolute atomic E-state index is 13.5. The van der Waals surface area contributed by atoms with Crippen molar-refractivity contribution in [2.45, 2.75) is 114 Å². The zero-order valence-corrected chi connectivity index (χ0v) is 15.4. The van der Waals surface area contributed by atoms with Crippen LogP contribution < -0.4 is 4.89 Å². The van der Waals surface area contributed by atoms with Crippen LogP contribution in [0.15, 0.2) is 0 Å². The lowest BCUT2D eigenvalue weighted by atomic mass is 9.96. The summed E-state index contributed by atoms with van der Waals surface area (Å²) in [5.74, 6) is 0. The van der Waals surface area contributed by atoms with Gasteiger partial charge in [-0.3, -0.25) is 0 Å². The molecule has 0 saturated heterocycles. The van der Waals surface area contributed by atoms with E-state index in [0.717, 1.165) is 38.5 Å². The highest BCUT2D eigenvalue weighted by Crippen LogP contribution is 2.71. The molecule has 3 saturated carbocycles. The van der Waals surface area contributed by atoms with E-state index in [4.69, 9.17) is 15.3 Å². The lowest BCUT2D eigenvalue weighted by molar-refractivity contribution is -0.164. The van der Waals surface area contributed by atoms with Crippen molar-refractivity contribution < 1.29 is 4.89 Å². The fourth-order valence-corrected chi connectivity index (χ4v) is 6.47. The van der Waals surface area contributed by atoms with E-state index in [0.29, 0.717) is 0 Å². The van der Waals surface area contributed by atoms with E-state index in [1.165, 1.54) is 57.8 Å². The summed E-state index contributed by atoms with van der Waals surface area (Å²) in [6.07, 6.45) is 17.8. The second kappa shape index (κ2) is 9.10. The average Bonchev–Trinajstić information content (AvgIpc) is 2.57. The first-order chi connectivity index (χ1) is 11.2. The maximum Gasteiger partial charge on any atom is -0.0534 e. The number of hydrogen-bond donors (Lipinski definition) is 0. The molecule has 0 N–H and O–H groups in total. The smallest absolute Gasteiger partial charge is 0.0534 e. The quantitative estimate of drug-likeness (QED) is 0.536. The highest BCUT2D eigenvalue weighted by Gasteiger charge is 2.15. The lowest BCUT2D eigenvalue weighted by Crippen LogP contribution is -2.24. The summed E-state index contributed by atoms with van der Waals surface area (Å²) >= 11 is 0. The van der Waals surface area contributed by atoms with Gasteiger partial charge in [-0.05, 0) is 0 Å². The van der Waals surface area contributed by atoms with Gasteiger partial charge in [-0.2, -0.15) is 0 Å². The molecule has 3 aliphatic rings. The predicted octanol–water partition coefficient (Wildman–Crippen LogP) is 6.14. The van der Waals surface area contributed by atoms with Crippen LogP contribution in [0.3, 0.4) is 0 Å². The van der Waals surface area contributed by atoms with Crippen LogP contribution in [0.5, 0.6) is 0 Å². The third-order valence-electron chi connectivity index (χ3n) is 5.67. The molecule has 4 nitrogen and oxygen atoms in total. The Bertz CT molecular complexity index is 287. The Morgan fingerprint density at radius 2 is 0.739 bits per heavy atom. The van der Waals surface area contributed by atoms with E-state index in [2.05, 4.69) is 0 Å². The summed E-state index contributed by atoms with van der Waals surface area (Å²) < 4.78 is 0. The Balaban J connectivity index is 1.59. The van der Waals surface area contributed by atoms with E-state index in [1.54, 1.807) is 0 Å². The molecule has 0 aromatic carbocycles. The van der Waals surface area contributed by atoms with Gasteiger partial charge >= 0.3 is 0 Å². The summed E-state index contributed by atoms with van der Waals surface area (Å²) in [6, 6.07) is 0.734. The van der Waals surface area contributed by atoms with Crippen molar-refractivity contribution in [1.82, 2.24) is 0 Å². The molecule has 0 amide bonds. The Morgan fingerprint density at radius 3 is 1.00 bits per heavy atom. The lowest BCUT2D eigenvalue weighted by Gasteiger charge is -2.71. The van der Waals surface area contributed by atoms with Crippen molar-refractivity contribution in [3.05, 3.63) is 15.3 Å². The minimum atomic E-state index is -3.05. The zero-order valence-electron chi connectivity index (χ0n) is 14.5. The van der Waals surface area contributed by atoms with E-state index >= 15 is 0 Å². The molecule has 0 bridgehead atoms. The van der Waals surface area contributed by atoms with Gasteiger partial charge in [-0.1, -0.05) is 96.3 Å². The van der Waals surface area contributed by atoms with Crippen LogP contribution in [0.4, 0.5) is 0 Å². The van der Waals surface area contributed by atoms with Gasteiger partial charge in [0.25, 0.3) is 0 Å². The van der Waals surface area contributed by atoms with Crippen LogP contribution >= 0.6 is 7.94 Å². The van der Waals surface area contributed by atoms with Crippen molar-refractivity contribution in [2.24, 2.45) is 0 Å². The van der Waals surface area contributed by atoms with E-state index in [-0.39, 0.29) is 18.1 Å². The second-order valence-corrected chi connectivity index (χ2v) is 9.45. The number of nitrogens with zero attached hydrogens (tertiary/aromatic N) is 3. The fourth-order valence-electron chi connectivity index (χ4n) is 4.32. The van der Waals surface area contributed by atoms with E-state index < -0.39 is 7.94 Å².